The normalized spacial score (nSPS) is 26.4. The number of carbonyl (C=O) groups excluding carboxylic acids is 2. The summed E-state index contributed by atoms with van der Waals surface area (Å²) >= 11 is 0. The van der Waals surface area contributed by atoms with E-state index in [2.05, 4.69) is 21.0 Å². The summed E-state index contributed by atoms with van der Waals surface area (Å²) in [6.07, 6.45) is 5.96. The summed E-state index contributed by atoms with van der Waals surface area (Å²) in [6, 6.07) is 3.97. The van der Waals surface area contributed by atoms with E-state index < -0.39 is 35.6 Å². The van der Waals surface area contributed by atoms with Crippen LogP contribution < -0.4 is 9.47 Å². The number of nitrogens with zero attached hydrogens (tertiary/aromatic N) is 4. The molecule has 0 radical (unpaired) electrons. The molecule has 3 heterocycles. The van der Waals surface area contributed by atoms with Gasteiger partial charge < -0.3 is 28.8 Å². The Labute approximate surface area is 225 Å². The van der Waals surface area contributed by atoms with Gasteiger partial charge in [-0.25, -0.2) is 4.79 Å². The first kappa shape index (κ1) is 26.9. The lowest BCUT2D eigenvalue weighted by atomic mass is 9.77. The Morgan fingerprint density at radius 2 is 2.08 bits per heavy atom. The maximum Gasteiger partial charge on any atom is 0.339 e. The zero-order chi connectivity index (χ0) is 27.6. The zero-order valence-electron chi connectivity index (χ0n) is 22.0. The van der Waals surface area contributed by atoms with Crippen LogP contribution in [0.1, 0.15) is 42.7 Å². The fourth-order valence-corrected chi connectivity index (χ4v) is 6.29. The average molecular weight is 541 g/mol. The lowest BCUT2D eigenvalue weighted by Gasteiger charge is -2.39. The molecule has 4 aliphatic rings. The van der Waals surface area contributed by atoms with Crippen molar-refractivity contribution >= 4 is 11.9 Å². The van der Waals surface area contributed by atoms with Gasteiger partial charge in [0.15, 0.2) is 23.2 Å². The minimum absolute atomic E-state index is 0.0341. The smallest absolute Gasteiger partial charge is 0.339 e. The lowest BCUT2D eigenvalue weighted by molar-refractivity contribution is -0.177. The maximum atomic E-state index is 13.7. The summed E-state index contributed by atoms with van der Waals surface area (Å²) in [5, 5.41) is 14.8. The number of methoxy groups -OCH3 is 2. The molecule has 5 rings (SSSR count). The fraction of sp³-hybridized carbons (Fsp3) is 0.556. The minimum atomic E-state index is -2.20. The highest BCUT2D eigenvalue weighted by Gasteiger charge is 2.59. The summed E-state index contributed by atoms with van der Waals surface area (Å²) in [6.45, 7) is 1.90. The Hall–Kier alpha value is -3.73. The number of benzene rings is 1. The predicted molar refractivity (Wildman–Crippen MR) is 137 cm³/mol. The van der Waals surface area contributed by atoms with Gasteiger partial charge in [0.2, 0.25) is 6.79 Å². The van der Waals surface area contributed by atoms with Gasteiger partial charge in [-0.05, 0) is 60.7 Å². The van der Waals surface area contributed by atoms with Crippen molar-refractivity contribution in [2.75, 3.05) is 40.6 Å². The van der Waals surface area contributed by atoms with E-state index in [0.717, 1.165) is 43.5 Å². The predicted octanol–water partition coefficient (Wildman–Crippen LogP) is 2.90. The standard InChI is InChI=1S/C27H32N4O8/c1-35-21-14-26-7-5-10-31(26)11-6-17-12-19-20(38-16-37-19)13-18(17)23(26)24(21)39-25(33)27(34,15-22(32)36-2)8-3-4-9-29-30-28/h3-4,12-14,23-24,34H,5-11,15-16H2,1-2H3/b4-3+/t23-,24-,26+,27-/m1/s1. The van der Waals surface area contributed by atoms with E-state index in [1.165, 1.54) is 26.4 Å². The second-order valence-corrected chi connectivity index (χ2v) is 10.2. The number of esters is 2. The van der Waals surface area contributed by atoms with Gasteiger partial charge >= 0.3 is 11.9 Å². The first-order valence-corrected chi connectivity index (χ1v) is 13.0. The van der Waals surface area contributed by atoms with E-state index >= 15 is 0 Å². The van der Waals surface area contributed by atoms with Crippen LogP contribution in [0.25, 0.3) is 10.4 Å². The minimum Gasteiger partial charge on any atom is -0.497 e. The summed E-state index contributed by atoms with van der Waals surface area (Å²) < 4.78 is 27.9. The number of ether oxygens (including phenoxy) is 5. The third-order valence-electron chi connectivity index (χ3n) is 8.12. The van der Waals surface area contributed by atoms with Crippen molar-refractivity contribution in [1.29, 1.82) is 0 Å². The van der Waals surface area contributed by atoms with Gasteiger partial charge in [-0.2, -0.15) is 0 Å². The Morgan fingerprint density at radius 1 is 1.28 bits per heavy atom. The van der Waals surface area contributed by atoms with Gasteiger partial charge in [0, 0.05) is 24.4 Å². The van der Waals surface area contributed by atoms with Crippen LogP contribution >= 0.6 is 0 Å². The molecule has 0 saturated carbocycles. The van der Waals surface area contributed by atoms with Gasteiger partial charge in [-0.1, -0.05) is 17.3 Å². The molecule has 12 nitrogen and oxygen atoms in total. The highest BCUT2D eigenvalue weighted by atomic mass is 16.7. The molecule has 39 heavy (non-hydrogen) atoms. The number of aliphatic hydroxyl groups is 1. The molecule has 208 valence electrons. The Morgan fingerprint density at radius 3 is 2.82 bits per heavy atom. The van der Waals surface area contributed by atoms with Gasteiger partial charge in [-0.3, -0.25) is 9.69 Å². The van der Waals surface area contributed by atoms with Crippen LogP contribution in [0, 0.1) is 0 Å². The highest BCUT2D eigenvalue weighted by Crippen LogP contribution is 2.55. The van der Waals surface area contributed by atoms with Crippen molar-refractivity contribution in [1.82, 2.24) is 4.90 Å². The van der Waals surface area contributed by atoms with E-state index in [1.807, 2.05) is 12.1 Å². The number of hydrogen-bond donors (Lipinski definition) is 1. The van der Waals surface area contributed by atoms with Crippen molar-refractivity contribution in [2.45, 2.75) is 55.3 Å². The zero-order valence-corrected chi connectivity index (χ0v) is 22.0. The van der Waals surface area contributed by atoms with Crippen molar-refractivity contribution in [3.05, 3.63) is 57.7 Å². The number of azide groups is 1. The third kappa shape index (κ3) is 4.80. The molecule has 0 amide bonds. The molecule has 1 N–H and O–H groups in total. The molecule has 3 aliphatic heterocycles. The second-order valence-electron chi connectivity index (χ2n) is 10.2. The van der Waals surface area contributed by atoms with E-state index in [0.29, 0.717) is 17.3 Å². The van der Waals surface area contributed by atoms with Crippen LogP contribution in [-0.2, 0) is 30.2 Å². The van der Waals surface area contributed by atoms with Crippen molar-refractivity contribution < 1.29 is 38.4 Å². The van der Waals surface area contributed by atoms with Crippen molar-refractivity contribution in [3.63, 3.8) is 0 Å². The molecule has 1 aromatic carbocycles. The monoisotopic (exact) mass is 540 g/mol. The Bertz CT molecular complexity index is 1260. The van der Waals surface area contributed by atoms with E-state index in [9.17, 15) is 14.7 Å². The van der Waals surface area contributed by atoms with Crippen LogP contribution in [0.15, 0.2) is 41.2 Å². The van der Waals surface area contributed by atoms with Crippen LogP contribution in [0.2, 0.25) is 0 Å². The molecule has 1 spiro atoms. The van der Waals surface area contributed by atoms with E-state index in [-0.39, 0.29) is 25.7 Å². The molecule has 1 saturated heterocycles. The molecule has 0 aromatic heterocycles. The molecule has 0 unspecified atom stereocenters. The SMILES string of the molecule is COC(=O)C[C@](O)(C/C=C/CN=[N+]=[N-])C(=O)O[C@@H]1C(OC)=C[C@]23CCCN2CCc2cc4c(cc2[C@H]13)OCO4. The molecular weight excluding hydrogens is 508 g/mol. The van der Waals surface area contributed by atoms with E-state index in [4.69, 9.17) is 29.2 Å². The molecule has 4 atom stereocenters. The average Bonchev–Trinajstić information content (AvgIpc) is 3.62. The molecule has 1 fully saturated rings. The van der Waals surface area contributed by atoms with Gasteiger partial charge in [0.1, 0.15) is 5.76 Å². The van der Waals surface area contributed by atoms with Crippen LogP contribution in [0.5, 0.6) is 11.5 Å². The maximum absolute atomic E-state index is 13.7. The van der Waals surface area contributed by atoms with Crippen LogP contribution in [-0.4, -0.2) is 79.8 Å². The van der Waals surface area contributed by atoms with Crippen molar-refractivity contribution in [2.24, 2.45) is 5.11 Å². The summed E-state index contributed by atoms with van der Waals surface area (Å²) in [7, 11) is 2.72. The Balaban J connectivity index is 1.51. The third-order valence-corrected chi connectivity index (χ3v) is 8.12. The number of fused-ring (bicyclic) bond motifs is 3. The summed E-state index contributed by atoms with van der Waals surface area (Å²) in [5.74, 6) is -0.242. The molecule has 1 aliphatic carbocycles. The number of carbonyl (C=O) groups is 2. The quantitative estimate of drug-likeness (QED) is 0.164. The highest BCUT2D eigenvalue weighted by molar-refractivity contribution is 5.86. The largest absolute Gasteiger partial charge is 0.497 e. The van der Waals surface area contributed by atoms with E-state index in [1.54, 1.807) is 0 Å². The molecule has 12 heteroatoms. The second kappa shape index (κ2) is 10.8. The topological polar surface area (TPSA) is 153 Å². The Kier molecular flexibility index (Phi) is 7.44. The fourth-order valence-electron chi connectivity index (χ4n) is 6.29. The molecular formula is C27H32N4O8. The number of rotatable bonds is 9. The lowest BCUT2D eigenvalue weighted by Crippen LogP contribution is -2.49. The molecule has 0 bridgehead atoms. The molecule has 1 aromatic rings. The van der Waals surface area contributed by atoms with Gasteiger partial charge in [0.05, 0.1) is 32.1 Å². The van der Waals surface area contributed by atoms with Crippen molar-refractivity contribution in [3.8, 4) is 11.5 Å². The summed E-state index contributed by atoms with van der Waals surface area (Å²) in [4.78, 5) is 30.9. The van der Waals surface area contributed by atoms with Crippen LogP contribution in [0.3, 0.4) is 0 Å². The first-order valence-electron chi connectivity index (χ1n) is 13.0. The van der Waals surface area contributed by atoms with Gasteiger partial charge in [0.25, 0.3) is 0 Å². The van der Waals surface area contributed by atoms with Gasteiger partial charge in [-0.15, -0.1) is 0 Å². The summed E-state index contributed by atoms with van der Waals surface area (Å²) in [5.41, 5.74) is 7.90. The number of hydrogen-bond acceptors (Lipinski definition) is 10. The van der Waals surface area contributed by atoms with Crippen LogP contribution in [0.4, 0.5) is 0 Å². The first-order chi connectivity index (χ1) is 18.8.